The molecule has 0 radical (unpaired) electrons. The number of anilines is 6. The highest BCUT2D eigenvalue weighted by atomic mass is 16.5. The Kier molecular flexibility index (Phi) is 9.97. The van der Waals surface area contributed by atoms with E-state index in [1.165, 1.54) is 0 Å². The molecule has 0 amide bonds. The van der Waals surface area contributed by atoms with E-state index in [2.05, 4.69) is 58.3 Å². The predicted molar refractivity (Wildman–Crippen MR) is 208 cm³/mol. The van der Waals surface area contributed by atoms with Crippen LogP contribution in [-0.2, 0) is 0 Å². The molecule has 6 aromatic carbocycles. The van der Waals surface area contributed by atoms with E-state index in [4.69, 9.17) is 28.9 Å². The zero-order valence-corrected chi connectivity index (χ0v) is 29.4. The summed E-state index contributed by atoms with van der Waals surface area (Å²) in [5, 5.41) is 0. The minimum Gasteiger partial charge on any atom is -0.497 e. The lowest BCUT2D eigenvalue weighted by Gasteiger charge is -2.26. The van der Waals surface area contributed by atoms with Crippen molar-refractivity contribution in [3.05, 3.63) is 158 Å². The Bertz CT molecular complexity index is 1930. The van der Waals surface area contributed by atoms with Crippen LogP contribution >= 0.6 is 0 Å². The molecule has 8 nitrogen and oxygen atoms in total. The van der Waals surface area contributed by atoms with E-state index in [0.717, 1.165) is 79.6 Å². The lowest BCUT2D eigenvalue weighted by Crippen LogP contribution is -2.10. The van der Waals surface area contributed by atoms with Crippen molar-refractivity contribution in [3.8, 4) is 45.5 Å². The molecule has 7 aromatic rings. The molecule has 0 aliphatic rings. The van der Waals surface area contributed by atoms with Gasteiger partial charge in [-0.3, -0.25) is 9.97 Å². The first kappa shape index (κ1) is 33.7. The molecule has 0 fully saturated rings. The molecule has 0 spiro atoms. The molecule has 0 N–H and O–H groups in total. The van der Waals surface area contributed by atoms with Crippen molar-refractivity contribution in [1.82, 2.24) is 9.97 Å². The Hall–Kier alpha value is -6.80. The number of methoxy groups -OCH3 is 4. The molecule has 0 saturated carbocycles. The van der Waals surface area contributed by atoms with Gasteiger partial charge >= 0.3 is 0 Å². The van der Waals surface area contributed by atoms with Crippen LogP contribution in [0.2, 0.25) is 0 Å². The third-order valence-electron chi connectivity index (χ3n) is 8.82. The van der Waals surface area contributed by atoms with Crippen LogP contribution in [0.15, 0.2) is 158 Å². The summed E-state index contributed by atoms with van der Waals surface area (Å²) >= 11 is 0. The van der Waals surface area contributed by atoms with Gasteiger partial charge < -0.3 is 28.7 Å². The number of benzene rings is 6. The average Bonchev–Trinajstić information content (AvgIpc) is 3.22. The van der Waals surface area contributed by atoms with Gasteiger partial charge in [0.05, 0.1) is 52.2 Å². The Balaban J connectivity index is 1.12. The molecular weight excluding hydrogens is 649 g/mol. The number of hydrogen-bond acceptors (Lipinski definition) is 8. The van der Waals surface area contributed by atoms with Crippen molar-refractivity contribution in [2.75, 3.05) is 38.2 Å². The maximum atomic E-state index is 5.40. The van der Waals surface area contributed by atoms with Crippen LogP contribution in [0, 0.1) is 0 Å². The maximum Gasteiger partial charge on any atom is 0.119 e. The largest absolute Gasteiger partial charge is 0.497 e. The zero-order chi connectivity index (χ0) is 35.9. The number of nitrogens with zero attached hydrogens (tertiary/aromatic N) is 4. The lowest BCUT2D eigenvalue weighted by atomic mass is 10.1. The fourth-order valence-electron chi connectivity index (χ4n) is 6.01. The van der Waals surface area contributed by atoms with Crippen LogP contribution in [-0.4, -0.2) is 38.4 Å². The molecule has 0 bridgehead atoms. The van der Waals surface area contributed by atoms with E-state index >= 15 is 0 Å². The molecule has 1 aromatic heterocycles. The molecular formula is C44H38N4O4. The van der Waals surface area contributed by atoms with Crippen LogP contribution in [0.4, 0.5) is 34.1 Å². The molecule has 52 heavy (non-hydrogen) atoms. The Morgan fingerprint density at radius 3 is 0.712 bits per heavy atom. The van der Waals surface area contributed by atoms with Gasteiger partial charge in [-0.25, -0.2) is 0 Å². The van der Waals surface area contributed by atoms with E-state index in [1.807, 2.05) is 109 Å². The molecule has 1 heterocycles. The highest BCUT2D eigenvalue weighted by Gasteiger charge is 2.16. The fourth-order valence-corrected chi connectivity index (χ4v) is 6.01. The smallest absolute Gasteiger partial charge is 0.119 e. The van der Waals surface area contributed by atoms with E-state index < -0.39 is 0 Å². The summed E-state index contributed by atoms with van der Waals surface area (Å²) in [7, 11) is 6.68. The maximum absolute atomic E-state index is 5.40. The van der Waals surface area contributed by atoms with Crippen LogP contribution < -0.4 is 28.7 Å². The molecule has 0 unspecified atom stereocenters. The van der Waals surface area contributed by atoms with Gasteiger partial charge in [-0.1, -0.05) is 24.3 Å². The van der Waals surface area contributed by atoms with Crippen molar-refractivity contribution in [2.24, 2.45) is 0 Å². The minimum absolute atomic E-state index is 0.789. The number of rotatable bonds is 12. The van der Waals surface area contributed by atoms with Crippen molar-refractivity contribution in [2.45, 2.75) is 0 Å². The minimum atomic E-state index is 0.789. The van der Waals surface area contributed by atoms with Crippen molar-refractivity contribution in [1.29, 1.82) is 0 Å². The van der Waals surface area contributed by atoms with Gasteiger partial charge in [0.2, 0.25) is 0 Å². The number of aromatic nitrogens is 2. The predicted octanol–water partition coefficient (Wildman–Crippen LogP) is 10.8. The zero-order valence-electron chi connectivity index (χ0n) is 29.4. The van der Waals surface area contributed by atoms with Gasteiger partial charge in [-0.15, -0.1) is 0 Å². The fraction of sp³-hybridized carbons (Fsp3) is 0.0909. The van der Waals surface area contributed by atoms with Crippen LogP contribution in [0.1, 0.15) is 0 Å². The quantitative estimate of drug-likeness (QED) is 0.126. The summed E-state index contributed by atoms with van der Waals surface area (Å²) in [6.07, 6.45) is 3.65. The van der Waals surface area contributed by atoms with Crippen LogP contribution in [0.25, 0.3) is 22.5 Å². The first-order valence-corrected chi connectivity index (χ1v) is 16.8. The standard InChI is InChI=1S/C44H38N4O4/c1-49-39-21-13-35(14-22-39)47(36-15-23-40(50-2)24-16-36)33-9-5-31(6-10-33)43-29-46-44(30-45-43)32-7-11-34(12-8-32)48(37-17-25-41(51-3)26-18-37)38-19-27-42(52-4)28-20-38/h5-30H,1-4H3. The second-order valence-electron chi connectivity index (χ2n) is 11.8. The first-order valence-electron chi connectivity index (χ1n) is 16.8. The van der Waals surface area contributed by atoms with E-state index in [0.29, 0.717) is 0 Å². The summed E-state index contributed by atoms with van der Waals surface area (Å²) < 4.78 is 21.6. The number of ether oxygens (including phenoxy) is 4. The second kappa shape index (κ2) is 15.4. The highest BCUT2D eigenvalue weighted by molar-refractivity contribution is 5.80. The highest BCUT2D eigenvalue weighted by Crippen LogP contribution is 2.38. The average molecular weight is 687 g/mol. The summed E-state index contributed by atoms with van der Waals surface area (Å²) in [4.78, 5) is 14.0. The van der Waals surface area contributed by atoms with E-state index in [9.17, 15) is 0 Å². The van der Waals surface area contributed by atoms with Crippen LogP contribution in [0.5, 0.6) is 23.0 Å². The summed E-state index contributed by atoms with van der Waals surface area (Å²) in [6, 6.07) is 48.7. The Morgan fingerprint density at radius 2 is 0.519 bits per heavy atom. The monoisotopic (exact) mass is 686 g/mol. The molecule has 8 heteroatoms. The Morgan fingerprint density at radius 1 is 0.308 bits per heavy atom. The third-order valence-corrected chi connectivity index (χ3v) is 8.82. The second-order valence-corrected chi connectivity index (χ2v) is 11.8. The molecule has 0 aliphatic heterocycles. The molecule has 0 saturated heterocycles. The van der Waals surface area contributed by atoms with Gasteiger partial charge in [-0.05, 0) is 121 Å². The molecule has 0 aliphatic carbocycles. The third kappa shape index (κ3) is 7.22. The normalized spacial score (nSPS) is 10.7. The molecule has 0 atom stereocenters. The van der Waals surface area contributed by atoms with Gasteiger partial charge in [0.1, 0.15) is 23.0 Å². The summed E-state index contributed by atoms with van der Waals surface area (Å²) in [5.74, 6) is 3.21. The van der Waals surface area contributed by atoms with Gasteiger partial charge in [0.15, 0.2) is 0 Å². The van der Waals surface area contributed by atoms with Gasteiger partial charge in [0.25, 0.3) is 0 Å². The van der Waals surface area contributed by atoms with Crippen LogP contribution in [0.3, 0.4) is 0 Å². The summed E-state index contributed by atoms with van der Waals surface area (Å²) in [6.45, 7) is 0. The topological polar surface area (TPSA) is 69.2 Å². The Labute approximate surface area is 304 Å². The van der Waals surface area contributed by atoms with E-state index in [-0.39, 0.29) is 0 Å². The van der Waals surface area contributed by atoms with E-state index in [1.54, 1.807) is 28.4 Å². The van der Waals surface area contributed by atoms with Crippen molar-refractivity contribution in [3.63, 3.8) is 0 Å². The first-order chi connectivity index (χ1) is 25.6. The van der Waals surface area contributed by atoms with Crippen molar-refractivity contribution < 1.29 is 18.9 Å². The number of hydrogen-bond donors (Lipinski definition) is 0. The molecule has 7 rings (SSSR count). The SMILES string of the molecule is COc1ccc(N(c2ccc(OC)cc2)c2ccc(-c3cnc(-c4ccc(N(c5ccc(OC)cc5)c5ccc(OC)cc5)cc4)cn3)cc2)cc1. The summed E-state index contributed by atoms with van der Waals surface area (Å²) in [5.41, 5.74) is 9.54. The van der Waals surface area contributed by atoms with Gasteiger partial charge in [-0.2, -0.15) is 0 Å². The van der Waals surface area contributed by atoms with Gasteiger partial charge in [0, 0.05) is 45.3 Å². The molecule has 258 valence electrons. The van der Waals surface area contributed by atoms with Crippen molar-refractivity contribution >= 4 is 34.1 Å². The lowest BCUT2D eigenvalue weighted by molar-refractivity contribution is 0.414.